The Labute approximate surface area is 147 Å². The molecular formula is C16H12Cl2N2O2S. The van der Waals surface area contributed by atoms with Gasteiger partial charge in [-0.05, 0) is 37.3 Å². The topological polar surface area (TPSA) is 51.2 Å². The van der Waals surface area contributed by atoms with Crippen LogP contribution in [0.2, 0.25) is 10.0 Å². The van der Waals surface area contributed by atoms with Gasteiger partial charge in [0.05, 0.1) is 21.9 Å². The summed E-state index contributed by atoms with van der Waals surface area (Å²) in [6, 6.07) is 10.5. The molecule has 0 amide bonds. The van der Waals surface area contributed by atoms with Crippen LogP contribution in [0.1, 0.15) is 17.3 Å². The largest absolute Gasteiger partial charge is 0.462 e. The standard InChI is InChI=1S/C16H12Cl2N2O2S/c1-2-22-15(21)9-4-3-5-11(6-9)19-16-20-14-12(18)7-10(17)8-13(14)23-16/h3-8H,2H2,1H3,(H,19,20). The zero-order chi connectivity index (χ0) is 16.4. The molecule has 2 aromatic carbocycles. The van der Waals surface area contributed by atoms with Crippen LogP contribution in [-0.2, 0) is 4.74 Å². The van der Waals surface area contributed by atoms with E-state index in [9.17, 15) is 4.79 Å². The first-order valence-corrected chi connectivity index (χ1v) is 8.44. The molecule has 3 rings (SSSR count). The van der Waals surface area contributed by atoms with Crippen molar-refractivity contribution < 1.29 is 9.53 Å². The number of halogens is 2. The van der Waals surface area contributed by atoms with Crippen LogP contribution < -0.4 is 5.32 Å². The first kappa shape index (κ1) is 16.1. The number of rotatable bonds is 4. The van der Waals surface area contributed by atoms with Crippen LogP contribution in [-0.4, -0.2) is 17.6 Å². The lowest BCUT2D eigenvalue weighted by Gasteiger charge is -2.05. The lowest BCUT2D eigenvalue weighted by molar-refractivity contribution is 0.0526. The van der Waals surface area contributed by atoms with E-state index in [1.54, 1.807) is 31.2 Å². The number of fused-ring (bicyclic) bond motifs is 1. The van der Waals surface area contributed by atoms with Crippen molar-refractivity contribution in [3.63, 3.8) is 0 Å². The summed E-state index contributed by atoms with van der Waals surface area (Å²) in [5.41, 5.74) is 1.93. The van der Waals surface area contributed by atoms with Gasteiger partial charge in [0, 0.05) is 10.7 Å². The number of ether oxygens (including phenoxy) is 1. The molecule has 0 radical (unpaired) electrons. The third-order valence-corrected chi connectivity index (χ3v) is 4.46. The maximum atomic E-state index is 11.8. The molecule has 0 unspecified atom stereocenters. The molecule has 1 N–H and O–H groups in total. The van der Waals surface area contributed by atoms with E-state index in [0.717, 1.165) is 10.4 Å². The number of hydrogen-bond donors (Lipinski definition) is 1. The number of hydrogen-bond acceptors (Lipinski definition) is 5. The molecule has 0 bridgehead atoms. The fraction of sp³-hybridized carbons (Fsp3) is 0.125. The molecule has 7 heteroatoms. The summed E-state index contributed by atoms with van der Waals surface area (Å²) in [6.07, 6.45) is 0. The zero-order valence-electron chi connectivity index (χ0n) is 12.1. The second kappa shape index (κ2) is 6.74. The monoisotopic (exact) mass is 366 g/mol. The average molecular weight is 367 g/mol. The van der Waals surface area contributed by atoms with Gasteiger partial charge in [-0.25, -0.2) is 9.78 Å². The minimum Gasteiger partial charge on any atom is -0.462 e. The van der Waals surface area contributed by atoms with E-state index in [1.165, 1.54) is 11.3 Å². The van der Waals surface area contributed by atoms with Gasteiger partial charge >= 0.3 is 5.97 Å². The highest BCUT2D eigenvalue weighted by molar-refractivity contribution is 7.22. The molecule has 1 heterocycles. The molecule has 0 spiro atoms. The van der Waals surface area contributed by atoms with Crippen molar-refractivity contribution in [1.82, 2.24) is 4.98 Å². The Morgan fingerprint density at radius 2 is 2.13 bits per heavy atom. The minimum absolute atomic E-state index is 0.341. The fourth-order valence-electron chi connectivity index (χ4n) is 2.07. The molecule has 3 aromatic rings. The first-order valence-electron chi connectivity index (χ1n) is 6.86. The summed E-state index contributed by atoms with van der Waals surface area (Å²) >= 11 is 13.6. The Kier molecular flexibility index (Phi) is 4.71. The van der Waals surface area contributed by atoms with Crippen LogP contribution in [0, 0.1) is 0 Å². The summed E-state index contributed by atoms with van der Waals surface area (Å²) in [7, 11) is 0. The van der Waals surface area contributed by atoms with Gasteiger partial charge in [0.25, 0.3) is 0 Å². The molecule has 0 fully saturated rings. The number of nitrogens with one attached hydrogen (secondary N) is 1. The minimum atomic E-state index is -0.352. The molecule has 118 valence electrons. The van der Waals surface area contributed by atoms with Crippen LogP contribution in [0.15, 0.2) is 36.4 Å². The summed E-state index contributed by atoms with van der Waals surface area (Å²) in [6.45, 7) is 2.11. The van der Waals surface area contributed by atoms with E-state index < -0.39 is 0 Å². The maximum absolute atomic E-state index is 11.8. The molecule has 1 aromatic heterocycles. The van der Waals surface area contributed by atoms with Crippen molar-refractivity contribution >= 4 is 61.5 Å². The first-order chi connectivity index (χ1) is 11.1. The summed E-state index contributed by atoms with van der Waals surface area (Å²) in [5, 5.41) is 4.93. The van der Waals surface area contributed by atoms with Crippen LogP contribution in [0.5, 0.6) is 0 Å². The highest BCUT2D eigenvalue weighted by Gasteiger charge is 2.11. The third-order valence-electron chi connectivity index (χ3n) is 3.04. The normalized spacial score (nSPS) is 10.7. The van der Waals surface area contributed by atoms with Crippen molar-refractivity contribution in [3.05, 3.63) is 52.0 Å². The molecular weight excluding hydrogens is 355 g/mol. The van der Waals surface area contributed by atoms with Gasteiger partial charge in [-0.2, -0.15) is 0 Å². The van der Waals surface area contributed by atoms with Gasteiger partial charge in [0.1, 0.15) is 5.52 Å². The highest BCUT2D eigenvalue weighted by Crippen LogP contribution is 2.34. The van der Waals surface area contributed by atoms with Crippen LogP contribution in [0.4, 0.5) is 10.8 Å². The number of carbonyl (C=O) groups is 1. The highest BCUT2D eigenvalue weighted by atomic mass is 35.5. The van der Waals surface area contributed by atoms with Crippen molar-refractivity contribution in [2.24, 2.45) is 0 Å². The second-order valence-corrected chi connectivity index (χ2v) is 6.55. The van der Waals surface area contributed by atoms with Crippen LogP contribution in [0.3, 0.4) is 0 Å². The Hall–Kier alpha value is -1.82. The van der Waals surface area contributed by atoms with E-state index in [1.807, 2.05) is 12.1 Å². The molecule has 23 heavy (non-hydrogen) atoms. The van der Waals surface area contributed by atoms with Gasteiger partial charge in [0.15, 0.2) is 5.13 Å². The number of carbonyl (C=O) groups excluding carboxylic acids is 1. The Bertz CT molecular complexity index is 880. The Balaban J connectivity index is 1.89. The predicted octanol–water partition coefficient (Wildman–Crippen LogP) is 5.52. The molecule has 0 atom stereocenters. The van der Waals surface area contributed by atoms with E-state index in [2.05, 4.69) is 10.3 Å². The summed E-state index contributed by atoms with van der Waals surface area (Å²) in [4.78, 5) is 16.2. The summed E-state index contributed by atoms with van der Waals surface area (Å²) < 4.78 is 5.89. The number of anilines is 2. The molecule has 0 aliphatic rings. The van der Waals surface area contributed by atoms with Crippen molar-refractivity contribution in [1.29, 1.82) is 0 Å². The van der Waals surface area contributed by atoms with Crippen LogP contribution in [0.25, 0.3) is 10.2 Å². The lowest BCUT2D eigenvalue weighted by atomic mass is 10.2. The molecule has 0 aliphatic heterocycles. The Morgan fingerprint density at radius 3 is 2.91 bits per heavy atom. The number of nitrogens with zero attached hydrogens (tertiary/aromatic N) is 1. The van der Waals surface area contributed by atoms with Crippen molar-refractivity contribution in [2.45, 2.75) is 6.92 Å². The quantitative estimate of drug-likeness (QED) is 0.617. The second-order valence-electron chi connectivity index (χ2n) is 4.68. The Morgan fingerprint density at radius 1 is 1.30 bits per heavy atom. The van der Waals surface area contributed by atoms with Crippen LogP contribution >= 0.6 is 34.5 Å². The molecule has 0 saturated heterocycles. The third kappa shape index (κ3) is 3.58. The molecule has 0 saturated carbocycles. The molecule has 0 aliphatic carbocycles. The van der Waals surface area contributed by atoms with Crippen molar-refractivity contribution in [2.75, 3.05) is 11.9 Å². The summed E-state index contributed by atoms with van der Waals surface area (Å²) in [5.74, 6) is -0.352. The zero-order valence-corrected chi connectivity index (χ0v) is 14.4. The smallest absolute Gasteiger partial charge is 0.338 e. The number of benzene rings is 2. The van der Waals surface area contributed by atoms with E-state index in [0.29, 0.717) is 32.9 Å². The number of aromatic nitrogens is 1. The SMILES string of the molecule is CCOC(=O)c1cccc(Nc2nc3c(Cl)cc(Cl)cc3s2)c1. The van der Waals surface area contributed by atoms with Gasteiger partial charge < -0.3 is 10.1 Å². The van der Waals surface area contributed by atoms with E-state index in [-0.39, 0.29) is 5.97 Å². The van der Waals surface area contributed by atoms with Gasteiger partial charge in [-0.1, -0.05) is 40.6 Å². The van der Waals surface area contributed by atoms with Gasteiger partial charge in [-0.3, -0.25) is 0 Å². The number of thiazole rings is 1. The van der Waals surface area contributed by atoms with Gasteiger partial charge in [-0.15, -0.1) is 0 Å². The maximum Gasteiger partial charge on any atom is 0.338 e. The van der Waals surface area contributed by atoms with Crippen molar-refractivity contribution in [3.8, 4) is 0 Å². The fourth-order valence-corrected chi connectivity index (χ4v) is 3.68. The van der Waals surface area contributed by atoms with E-state index >= 15 is 0 Å². The predicted molar refractivity (Wildman–Crippen MR) is 95.3 cm³/mol. The average Bonchev–Trinajstić information content (AvgIpc) is 2.90. The molecule has 4 nitrogen and oxygen atoms in total. The lowest BCUT2D eigenvalue weighted by Crippen LogP contribution is -2.04. The van der Waals surface area contributed by atoms with Gasteiger partial charge in [0.2, 0.25) is 0 Å². The van der Waals surface area contributed by atoms with E-state index in [4.69, 9.17) is 27.9 Å². The number of esters is 1.